The highest BCUT2D eigenvalue weighted by atomic mass is 32.2. The molecule has 7 nitrogen and oxygen atoms in total. The van der Waals surface area contributed by atoms with E-state index in [-0.39, 0.29) is 24.0 Å². The number of rotatable bonds is 7. The minimum atomic E-state index is -3.48. The minimum absolute atomic E-state index is 0.0669. The molecule has 0 aromatic rings. The largest absolute Gasteiger partial charge is 0.481 e. The van der Waals surface area contributed by atoms with Crippen LogP contribution in [0, 0.1) is 11.8 Å². The van der Waals surface area contributed by atoms with E-state index >= 15 is 0 Å². The van der Waals surface area contributed by atoms with E-state index in [4.69, 9.17) is 9.84 Å². The Labute approximate surface area is 125 Å². The van der Waals surface area contributed by atoms with Crippen LogP contribution in [0.3, 0.4) is 0 Å². The Morgan fingerprint density at radius 3 is 2.24 bits per heavy atom. The second-order valence-corrected chi connectivity index (χ2v) is 7.86. The molecule has 122 valence electrons. The van der Waals surface area contributed by atoms with Gasteiger partial charge in [-0.2, -0.15) is 0 Å². The van der Waals surface area contributed by atoms with Crippen molar-refractivity contribution in [2.75, 3.05) is 37.8 Å². The normalized spacial score (nSPS) is 17.8. The Bertz CT molecular complexity index is 467. The molecule has 8 heteroatoms. The molecular weight excluding hydrogens is 298 g/mol. The van der Waals surface area contributed by atoms with Gasteiger partial charge in [0, 0.05) is 19.5 Å². The Morgan fingerprint density at radius 1 is 1.19 bits per heavy atom. The lowest BCUT2D eigenvalue weighted by Crippen LogP contribution is -2.42. The topological polar surface area (TPSA) is 101 Å². The minimum Gasteiger partial charge on any atom is -0.481 e. The summed E-state index contributed by atoms with van der Waals surface area (Å²) in [4.78, 5) is 24.8. The highest BCUT2D eigenvalue weighted by molar-refractivity contribution is 7.91. The number of aliphatic carboxylic acids is 1. The lowest BCUT2D eigenvalue weighted by molar-refractivity contribution is -0.146. The lowest BCUT2D eigenvalue weighted by Gasteiger charge is -2.27. The van der Waals surface area contributed by atoms with Crippen molar-refractivity contribution in [2.45, 2.75) is 20.3 Å². The van der Waals surface area contributed by atoms with Crippen molar-refractivity contribution in [3.8, 4) is 0 Å². The summed E-state index contributed by atoms with van der Waals surface area (Å²) in [6, 6.07) is 0. The highest BCUT2D eigenvalue weighted by Crippen LogP contribution is 2.13. The van der Waals surface area contributed by atoms with Crippen molar-refractivity contribution in [1.82, 2.24) is 4.90 Å². The Hall–Kier alpha value is -1.15. The molecule has 0 spiro atoms. The van der Waals surface area contributed by atoms with Gasteiger partial charge in [0.05, 0.1) is 30.6 Å². The summed E-state index contributed by atoms with van der Waals surface area (Å²) in [6.07, 6.45) is -0.285. The van der Waals surface area contributed by atoms with E-state index in [1.165, 1.54) is 4.90 Å². The number of ether oxygens (including phenoxy) is 1. The maximum Gasteiger partial charge on any atom is 0.308 e. The molecule has 0 radical (unpaired) electrons. The number of sulfone groups is 1. The third-order valence-corrected chi connectivity index (χ3v) is 5.26. The van der Waals surface area contributed by atoms with Crippen LogP contribution in [0.4, 0.5) is 0 Å². The second kappa shape index (κ2) is 7.74. The van der Waals surface area contributed by atoms with E-state index in [0.717, 1.165) is 0 Å². The summed E-state index contributed by atoms with van der Waals surface area (Å²) in [5.41, 5.74) is 0. The van der Waals surface area contributed by atoms with Crippen molar-refractivity contribution in [3.63, 3.8) is 0 Å². The maximum atomic E-state index is 12.0. The molecule has 1 amide bonds. The number of hydrogen-bond acceptors (Lipinski definition) is 5. The van der Waals surface area contributed by atoms with Gasteiger partial charge in [-0.05, 0) is 5.92 Å². The zero-order valence-electron chi connectivity index (χ0n) is 12.4. The summed E-state index contributed by atoms with van der Waals surface area (Å²) in [5, 5.41) is 9.16. The van der Waals surface area contributed by atoms with Crippen molar-refractivity contribution in [2.24, 2.45) is 11.8 Å². The van der Waals surface area contributed by atoms with Gasteiger partial charge in [0.2, 0.25) is 5.91 Å². The number of hydrogen-bond donors (Lipinski definition) is 1. The number of carbonyl (C=O) groups excluding carboxylic acids is 1. The molecule has 1 rings (SSSR count). The van der Waals surface area contributed by atoms with Crippen molar-refractivity contribution < 1.29 is 27.9 Å². The first-order chi connectivity index (χ1) is 9.71. The molecular formula is C13H23NO6S. The molecule has 0 aliphatic carbocycles. The fourth-order valence-electron chi connectivity index (χ4n) is 2.25. The number of carboxylic acids is 1. The molecule has 1 heterocycles. The summed E-state index contributed by atoms with van der Waals surface area (Å²) < 4.78 is 28.9. The lowest BCUT2D eigenvalue weighted by atomic mass is 10.1. The van der Waals surface area contributed by atoms with Gasteiger partial charge < -0.3 is 14.7 Å². The first-order valence-corrected chi connectivity index (χ1v) is 8.82. The van der Waals surface area contributed by atoms with E-state index in [9.17, 15) is 18.0 Å². The van der Waals surface area contributed by atoms with Crippen LogP contribution >= 0.6 is 0 Å². The molecule has 1 unspecified atom stereocenters. The molecule has 0 saturated carbocycles. The smallest absolute Gasteiger partial charge is 0.308 e. The van der Waals surface area contributed by atoms with Gasteiger partial charge in [0.1, 0.15) is 0 Å². The van der Waals surface area contributed by atoms with E-state index in [1.54, 1.807) is 13.8 Å². The molecule has 1 atom stereocenters. The van der Waals surface area contributed by atoms with E-state index in [2.05, 4.69) is 0 Å². The average Bonchev–Trinajstić information content (AvgIpc) is 2.36. The quantitative estimate of drug-likeness (QED) is 0.709. The molecule has 1 N–H and O–H groups in total. The standard InChI is InChI=1S/C13H23NO6S/c1-10(2)8-21(18,19)9-11(13(16)17)7-12(15)14-3-5-20-6-4-14/h10-11H,3-9H2,1-2H3,(H,16,17). The summed E-state index contributed by atoms with van der Waals surface area (Å²) in [5.74, 6) is -3.39. The number of nitrogens with zero attached hydrogens (tertiary/aromatic N) is 1. The van der Waals surface area contributed by atoms with Gasteiger partial charge in [0.15, 0.2) is 9.84 Å². The van der Waals surface area contributed by atoms with E-state index < -0.39 is 27.5 Å². The Morgan fingerprint density at radius 2 is 1.76 bits per heavy atom. The van der Waals surface area contributed by atoms with Crippen LogP contribution in [0.25, 0.3) is 0 Å². The predicted octanol–water partition coefficient (Wildman–Crippen LogP) is 0.00690. The van der Waals surface area contributed by atoms with Crippen LogP contribution in [0.15, 0.2) is 0 Å². The fourth-order valence-corrected chi connectivity index (χ4v) is 4.28. The van der Waals surface area contributed by atoms with Gasteiger partial charge in [-0.15, -0.1) is 0 Å². The zero-order chi connectivity index (χ0) is 16.0. The summed E-state index contributed by atoms with van der Waals surface area (Å²) in [7, 11) is -3.48. The number of amides is 1. The second-order valence-electron chi connectivity index (χ2n) is 5.70. The van der Waals surface area contributed by atoms with Crippen molar-refractivity contribution >= 4 is 21.7 Å². The average molecular weight is 321 g/mol. The fraction of sp³-hybridized carbons (Fsp3) is 0.846. The van der Waals surface area contributed by atoms with Crippen LogP contribution in [0.2, 0.25) is 0 Å². The van der Waals surface area contributed by atoms with Crippen LogP contribution in [0.5, 0.6) is 0 Å². The van der Waals surface area contributed by atoms with Crippen molar-refractivity contribution in [1.29, 1.82) is 0 Å². The monoisotopic (exact) mass is 321 g/mol. The number of morpholine rings is 1. The molecule has 0 bridgehead atoms. The molecule has 1 saturated heterocycles. The van der Waals surface area contributed by atoms with Gasteiger partial charge in [-0.1, -0.05) is 13.8 Å². The molecule has 21 heavy (non-hydrogen) atoms. The summed E-state index contributed by atoms with van der Waals surface area (Å²) in [6.45, 7) is 5.20. The van der Waals surface area contributed by atoms with Gasteiger partial charge in [0.25, 0.3) is 0 Å². The molecule has 0 aromatic heterocycles. The predicted molar refractivity (Wildman–Crippen MR) is 76.6 cm³/mol. The third-order valence-electron chi connectivity index (χ3n) is 3.18. The number of carboxylic acid groups (broad SMARTS) is 1. The van der Waals surface area contributed by atoms with Crippen molar-refractivity contribution in [3.05, 3.63) is 0 Å². The molecule has 1 aliphatic heterocycles. The third kappa shape index (κ3) is 6.43. The first kappa shape index (κ1) is 17.9. The maximum absolute atomic E-state index is 12.0. The first-order valence-electron chi connectivity index (χ1n) is 7.00. The van der Waals surface area contributed by atoms with Crippen LogP contribution < -0.4 is 0 Å². The molecule has 0 aromatic carbocycles. The van der Waals surface area contributed by atoms with Gasteiger partial charge in [-0.25, -0.2) is 8.42 Å². The molecule has 1 aliphatic rings. The van der Waals surface area contributed by atoms with E-state index in [0.29, 0.717) is 26.3 Å². The SMILES string of the molecule is CC(C)CS(=O)(=O)CC(CC(=O)N1CCOCC1)C(=O)O. The Balaban J connectivity index is 2.65. The van der Waals surface area contributed by atoms with Crippen LogP contribution in [0.1, 0.15) is 20.3 Å². The van der Waals surface area contributed by atoms with Crippen LogP contribution in [-0.2, 0) is 24.2 Å². The zero-order valence-corrected chi connectivity index (χ0v) is 13.3. The molecule has 1 fully saturated rings. The highest BCUT2D eigenvalue weighted by Gasteiger charge is 2.30. The number of carbonyl (C=O) groups is 2. The Kier molecular flexibility index (Phi) is 6.60. The van der Waals surface area contributed by atoms with E-state index in [1.807, 2.05) is 0 Å². The van der Waals surface area contributed by atoms with Gasteiger partial charge in [-0.3, -0.25) is 9.59 Å². The summed E-state index contributed by atoms with van der Waals surface area (Å²) >= 11 is 0. The van der Waals surface area contributed by atoms with Crippen LogP contribution in [-0.4, -0.2) is 68.1 Å². The van der Waals surface area contributed by atoms with Gasteiger partial charge >= 0.3 is 5.97 Å².